The molecule has 0 aliphatic carbocycles. The molecule has 4 amide bonds. The Kier molecular flexibility index (Phi) is 6.41. The number of morpholine rings is 1. The third-order valence-corrected chi connectivity index (χ3v) is 5.92. The van der Waals surface area contributed by atoms with Crippen LogP contribution in [0.5, 0.6) is 0 Å². The van der Waals surface area contributed by atoms with Crippen LogP contribution in [0, 0.1) is 0 Å². The molecule has 2 heterocycles. The van der Waals surface area contributed by atoms with Crippen LogP contribution in [0.2, 0.25) is 0 Å². The predicted octanol–water partition coefficient (Wildman–Crippen LogP) is 1.72. The molecule has 8 nitrogen and oxygen atoms in total. The number of rotatable bonds is 4. The van der Waals surface area contributed by atoms with E-state index in [1.54, 1.807) is 17.0 Å². The molecule has 2 aliphatic rings. The van der Waals surface area contributed by atoms with Crippen LogP contribution in [0.25, 0.3) is 0 Å². The van der Waals surface area contributed by atoms with Crippen LogP contribution < -0.4 is 10.6 Å². The van der Waals surface area contributed by atoms with Gasteiger partial charge in [0.2, 0.25) is 5.91 Å². The number of nitrogens with one attached hydrogen (secondary N) is 2. The minimum atomic E-state index is -0.537. The number of ether oxygens (including phenoxy) is 1. The first-order valence-electron chi connectivity index (χ1n) is 10.8. The maximum Gasteiger partial charge on any atom is 0.317 e. The summed E-state index contributed by atoms with van der Waals surface area (Å²) in [5.41, 5.74) is 1.93. The van der Waals surface area contributed by atoms with Gasteiger partial charge in [-0.25, -0.2) is 4.79 Å². The van der Waals surface area contributed by atoms with Crippen molar-refractivity contribution < 1.29 is 19.1 Å². The van der Waals surface area contributed by atoms with Gasteiger partial charge in [0.25, 0.3) is 5.91 Å². The molecule has 2 aromatic rings. The summed E-state index contributed by atoms with van der Waals surface area (Å²) in [5.74, 6) is -0.306. The van der Waals surface area contributed by atoms with E-state index >= 15 is 0 Å². The number of carbonyl (C=O) groups is 3. The zero-order valence-corrected chi connectivity index (χ0v) is 18.2. The Labute approximate surface area is 187 Å². The van der Waals surface area contributed by atoms with Crippen molar-refractivity contribution in [1.29, 1.82) is 0 Å². The van der Waals surface area contributed by atoms with E-state index < -0.39 is 5.60 Å². The Morgan fingerprint density at radius 3 is 2.53 bits per heavy atom. The maximum atomic E-state index is 12.8. The molecule has 1 unspecified atom stereocenters. The first-order valence-corrected chi connectivity index (χ1v) is 10.8. The quantitative estimate of drug-likeness (QED) is 0.764. The van der Waals surface area contributed by atoms with Crippen molar-refractivity contribution >= 4 is 17.8 Å². The molecule has 0 radical (unpaired) electrons. The monoisotopic (exact) mass is 436 g/mol. The molecular formula is C24H28N4O4. The van der Waals surface area contributed by atoms with Gasteiger partial charge in [0.05, 0.1) is 19.7 Å². The van der Waals surface area contributed by atoms with E-state index in [0.717, 1.165) is 11.1 Å². The largest absolute Gasteiger partial charge is 0.367 e. The second kappa shape index (κ2) is 9.40. The van der Waals surface area contributed by atoms with Crippen molar-refractivity contribution in [3.05, 3.63) is 71.3 Å². The van der Waals surface area contributed by atoms with Gasteiger partial charge in [-0.2, -0.15) is 0 Å². The van der Waals surface area contributed by atoms with Crippen molar-refractivity contribution in [1.82, 2.24) is 20.4 Å². The highest BCUT2D eigenvalue weighted by Crippen LogP contribution is 2.29. The number of hydrogen-bond acceptors (Lipinski definition) is 4. The lowest BCUT2D eigenvalue weighted by Gasteiger charge is -2.40. The summed E-state index contributed by atoms with van der Waals surface area (Å²) in [6.45, 7) is 4.90. The molecule has 1 atom stereocenters. The summed E-state index contributed by atoms with van der Waals surface area (Å²) in [6, 6.07) is 16.9. The maximum absolute atomic E-state index is 12.8. The van der Waals surface area contributed by atoms with Crippen LogP contribution in [0.4, 0.5) is 4.79 Å². The highest BCUT2D eigenvalue weighted by molar-refractivity contribution is 5.97. The fourth-order valence-corrected chi connectivity index (χ4v) is 4.06. The Morgan fingerprint density at radius 1 is 1.06 bits per heavy atom. The topological polar surface area (TPSA) is 91.0 Å². The van der Waals surface area contributed by atoms with Crippen LogP contribution in [0.3, 0.4) is 0 Å². The van der Waals surface area contributed by atoms with E-state index in [4.69, 9.17) is 4.74 Å². The van der Waals surface area contributed by atoms with Crippen LogP contribution in [0.15, 0.2) is 54.6 Å². The fraction of sp³-hybridized carbons (Fsp3) is 0.375. The first kappa shape index (κ1) is 21.8. The van der Waals surface area contributed by atoms with E-state index in [1.807, 2.05) is 49.4 Å². The number of amides is 4. The highest BCUT2D eigenvalue weighted by Gasteiger charge is 2.35. The van der Waals surface area contributed by atoms with E-state index in [1.165, 1.54) is 4.90 Å². The normalized spacial score (nSPS) is 21.1. The van der Waals surface area contributed by atoms with Crippen LogP contribution in [0.1, 0.15) is 28.4 Å². The average Bonchev–Trinajstić information content (AvgIpc) is 2.83. The molecule has 168 valence electrons. The Balaban J connectivity index is 1.32. The lowest BCUT2D eigenvalue weighted by atomic mass is 9.94. The average molecular weight is 437 g/mol. The van der Waals surface area contributed by atoms with Gasteiger partial charge in [0.15, 0.2) is 0 Å². The summed E-state index contributed by atoms with van der Waals surface area (Å²) < 4.78 is 6.00. The summed E-state index contributed by atoms with van der Waals surface area (Å²) in [6.07, 6.45) is 0. The molecule has 32 heavy (non-hydrogen) atoms. The lowest BCUT2D eigenvalue weighted by molar-refractivity contribution is -0.123. The number of hydrogen-bond donors (Lipinski definition) is 2. The highest BCUT2D eigenvalue weighted by atomic mass is 16.5. The second-order valence-corrected chi connectivity index (χ2v) is 8.30. The van der Waals surface area contributed by atoms with E-state index in [2.05, 4.69) is 10.6 Å². The van der Waals surface area contributed by atoms with Gasteiger partial charge in [0.1, 0.15) is 5.60 Å². The number of urea groups is 1. The molecule has 0 bridgehead atoms. The molecule has 2 N–H and O–H groups in total. The van der Waals surface area contributed by atoms with E-state index in [0.29, 0.717) is 44.9 Å². The molecule has 8 heteroatoms. The summed E-state index contributed by atoms with van der Waals surface area (Å²) >= 11 is 0. The van der Waals surface area contributed by atoms with Crippen molar-refractivity contribution in [2.24, 2.45) is 0 Å². The van der Waals surface area contributed by atoms with E-state index in [9.17, 15) is 14.4 Å². The summed E-state index contributed by atoms with van der Waals surface area (Å²) in [5, 5.41) is 5.67. The zero-order valence-electron chi connectivity index (χ0n) is 18.2. The van der Waals surface area contributed by atoms with Gasteiger partial charge < -0.3 is 25.2 Å². The summed E-state index contributed by atoms with van der Waals surface area (Å²) in [7, 11) is 0. The van der Waals surface area contributed by atoms with Gasteiger partial charge in [-0.3, -0.25) is 9.59 Å². The summed E-state index contributed by atoms with van der Waals surface area (Å²) in [4.78, 5) is 40.1. The SMILES string of the molecule is CC1(c2ccccc2)CN(C(=O)NCc2ccc(C(=O)N3CCNC(=O)C3)cc2)CCO1. The third kappa shape index (κ3) is 4.91. The van der Waals surface area contributed by atoms with Crippen molar-refractivity contribution in [3.63, 3.8) is 0 Å². The number of nitrogens with zero attached hydrogens (tertiary/aromatic N) is 2. The number of benzene rings is 2. The molecule has 2 aliphatic heterocycles. The van der Waals surface area contributed by atoms with E-state index in [-0.39, 0.29) is 24.4 Å². The standard InChI is InChI=1S/C24H28N4O4/c1-24(20-5-3-2-4-6-20)17-28(13-14-32-24)23(31)26-15-18-7-9-19(10-8-18)22(30)27-12-11-25-21(29)16-27/h2-10H,11-17H2,1H3,(H,25,29)(H,26,31). The predicted molar refractivity (Wildman–Crippen MR) is 119 cm³/mol. The van der Waals surface area contributed by atoms with Crippen molar-refractivity contribution in [2.75, 3.05) is 39.3 Å². The molecule has 2 aromatic carbocycles. The first-order chi connectivity index (χ1) is 15.4. The van der Waals surface area contributed by atoms with Crippen molar-refractivity contribution in [3.8, 4) is 0 Å². The minimum Gasteiger partial charge on any atom is -0.367 e. The van der Waals surface area contributed by atoms with Gasteiger partial charge in [-0.05, 0) is 30.2 Å². The zero-order chi connectivity index (χ0) is 22.6. The Morgan fingerprint density at radius 2 is 1.81 bits per heavy atom. The third-order valence-electron chi connectivity index (χ3n) is 5.92. The van der Waals surface area contributed by atoms with Crippen LogP contribution in [-0.4, -0.2) is 67.0 Å². The minimum absolute atomic E-state index is 0.0814. The molecule has 2 saturated heterocycles. The molecule has 2 fully saturated rings. The lowest BCUT2D eigenvalue weighted by Crippen LogP contribution is -2.53. The Hall–Kier alpha value is -3.39. The molecule has 4 rings (SSSR count). The smallest absolute Gasteiger partial charge is 0.317 e. The molecular weight excluding hydrogens is 408 g/mol. The van der Waals surface area contributed by atoms with Crippen LogP contribution in [-0.2, 0) is 21.7 Å². The van der Waals surface area contributed by atoms with Gasteiger partial charge in [-0.1, -0.05) is 42.5 Å². The Bertz CT molecular complexity index is 979. The number of carbonyl (C=O) groups excluding carboxylic acids is 3. The van der Waals surface area contributed by atoms with Gasteiger partial charge >= 0.3 is 6.03 Å². The van der Waals surface area contributed by atoms with Crippen molar-refractivity contribution in [2.45, 2.75) is 19.1 Å². The van der Waals surface area contributed by atoms with Crippen LogP contribution >= 0.6 is 0 Å². The van der Waals surface area contributed by atoms with Gasteiger partial charge in [-0.15, -0.1) is 0 Å². The molecule has 0 spiro atoms. The molecule has 0 aromatic heterocycles. The fourth-order valence-electron chi connectivity index (χ4n) is 4.06. The second-order valence-electron chi connectivity index (χ2n) is 8.30. The molecule has 0 saturated carbocycles. The van der Waals surface area contributed by atoms with Gasteiger partial charge in [0, 0.05) is 31.7 Å². The number of piperazine rings is 1.